The maximum atomic E-state index is 5.60. The average Bonchev–Trinajstić information content (AvgIpc) is 2.36. The van der Waals surface area contributed by atoms with Gasteiger partial charge in [0.2, 0.25) is 0 Å². The fourth-order valence-corrected chi connectivity index (χ4v) is 2.03. The Labute approximate surface area is 119 Å². The van der Waals surface area contributed by atoms with Crippen LogP contribution < -0.4 is 0 Å². The smallest absolute Gasteiger partial charge is 0.0602 e. The van der Waals surface area contributed by atoms with Gasteiger partial charge in [-0.05, 0) is 19.8 Å². The van der Waals surface area contributed by atoms with Gasteiger partial charge in [0.15, 0.2) is 0 Å². The number of hydrogen-bond donors (Lipinski definition) is 0. The highest BCUT2D eigenvalue weighted by atomic mass is 16.5. The van der Waals surface area contributed by atoms with Crippen LogP contribution in [0.5, 0.6) is 0 Å². The largest absolute Gasteiger partial charge is 0.377 e. The molecule has 0 aromatic heterocycles. The van der Waals surface area contributed by atoms with E-state index in [0.29, 0.717) is 12.0 Å². The van der Waals surface area contributed by atoms with Gasteiger partial charge in [0.05, 0.1) is 19.3 Å². The van der Waals surface area contributed by atoms with Gasteiger partial charge in [-0.25, -0.2) is 0 Å². The molecule has 0 N–H and O–H groups in total. The van der Waals surface area contributed by atoms with Crippen LogP contribution >= 0.6 is 0 Å². The number of nitrogens with zero attached hydrogens (tertiary/aromatic N) is 2. The molecule has 1 heterocycles. The molecule has 1 rings (SSSR count). The van der Waals surface area contributed by atoms with E-state index in [1.54, 1.807) is 0 Å². The van der Waals surface area contributed by atoms with Crippen LogP contribution in [0.1, 0.15) is 34.1 Å². The minimum absolute atomic E-state index is 0.345. The molecule has 3 nitrogen and oxygen atoms in total. The predicted octanol–water partition coefficient (Wildman–Crippen LogP) is 2.08. The van der Waals surface area contributed by atoms with E-state index < -0.39 is 0 Å². The van der Waals surface area contributed by atoms with Crippen LogP contribution in [0.4, 0.5) is 0 Å². The Kier molecular flexibility index (Phi) is 8.13. The molecule has 1 aliphatic rings. The number of piperazine rings is 1. The van der Waals surface area contributed by atoms with Gasteiger partial charge in [-0.3, -0.25) is 9.80 Å². The van der Waals surface area contributed by atoms with Gasteiger partial charge < -0.3 is 4.74 Å². The first-order chi connectivity index (χ1) is 9.08. The first-order valence-corrected chi connectivity index (χ1v) is 7.60. The van der Waals surface area contributed by atoms with Gasteiger partial charge in [0.25, 0.3) is 0 Å². The maximum absolute atomic E-state index is 5.60. The molecule has 0 aliphatic carbocycles. The summed E-state index contributed by atoms with van der Waals surface area (Å²) in [6.45, 7) is 16.0. The van der Waals surface area contributed by atoms with Crippen LogP contribution in [0.3, 0.4) is 0 Å². The summed E-state index contributed by atoms with van der Waals surface area (Å²) in [6, 6.07) is 0. The van der Waals surface area contributed by atoms with Crippen molar-refractivity contribution < 1.29 is 4.74 Å². The zero-order valence-electron chi connectivity index (χ0n) is 13.1. The summed E-state index contributed by atoms with van der Waals surface area (Å²) in [5.41, 5.74) is 0. The first-order valence-electron chi connectivity index (χ1n) is 7.60. The lowest BCUT2D eigenvalue weighted by molar-refractivity contribution is 0.0465. The Bertz CT molecular complexity index is 283. The van der Waals surface area contributed by atoms with Crippen LogP contribution in [0.2, 0.25) is 0 Å². The summed E-state index contributed by atoms with van der Waals surface area (Å²) < 4.78 is 5.60. The van der Waals surface area contributed by atoms with Crippen LogP contribution in [-0.4, -0.2) is 61.8 Å². The molecule has 0 radical (unpaired) electrons. The molecule has 1 aliphatic heterocycles. The van der Waals surface area contributed by atoms with Crippen molar-refractivity contribution in [2.75, 3.05) is 45.9 Å². The van der Waals surface area contributed by atoms with E-state index >= 15 is 0 Å². The number of ether oxygens (including phenoxy) is 1. The number of hydrogen-bond acceptors (Lipinski definition) is 3. The van der Waals surface area contributed by atoms with Crippen LogP contribution in [0.15, 0.2) is 0 Å². The molecular weight excluding hydrogens is 236 g/mol. The van der Waals surface area contributed by atoms with E-state index in [1.807, 2.05) is 0 Å². The first kappa shape index (κ1) is 16.5. The second-order valence-corrected chi connectivity index (χ2v) is 5.99. The highest BCUT2D eigenvalue weighted by molar-refractivity contribution is 5.02. The lowest BCUT2D eigenvalue weighted by Gasteiger charge is -2.33. The van der Waals surface area contributed by atoms with Gasteiger partial charge in [-0.1, -0.05) is 19.8 Å². The third kappa shape index (κ3) is 8.26. The molecule has 0 aromatic carbocycles. The molecule has 110 valence electrons. The van der Waals surface area contributed by atoms with E-state index in [1.165, 1.54) is 0 Å². The zero-order chi connectivity index (χ0) is 14.1. The molecular formula is C16H30N2O. The monoisotopic (exact) mass is 266 g/mol. The van der Waals surface area contributed by atoms with Crippen LogP contribution in [-0.2, 0) is 4.74 Å². The van der Waals surface area contributed by atoms with Crippen molar-refractivity contribution >= 4 is 0 Å². The lowest BCUT2D eigenvalue weighted by Crippen LogP contribution is -2.47. The Morgan fingerprint density at radius 3 is 2.16 bits per heavy atom. The fraction of sp³-hybridized carbons (Fsp3) is 0.875. The van der Waals surface area contributed by atoms with Gasteiger partial charge in [-0.15, -0.1) is 5.92 Å². The van der Waals surface area contributed by atoms with Gasteiger partial charge in [-0.2, -0.15) is 0 Å². The Hall–Kier alpha value is -0.560. The third-order valence-electron chi connectivity index (χ3n) is 3.26. The Balaban J connectivity index is 2.09. The van der Waals surface area contributed by atoms with E-state index in [-0.39, 0.29) is 0 Å². The molecule has 0 saturated carbocycles. The van der Waals surface area contributed by atoms with E-state index in [9.17, 15) is 0 Å². The van der Waals surface area contributed by atoms with E-state index in [2.05, 4.69) is 49.3 Å². The highest BCUT2D eigenvalue weighted by Crippen LogP contribution is 2.01. The normalized spacial score (nSPS) is 17.8. The topological polar surface area (TPSA) is 15.7 Å². The molecule has 0 atom stereocenters. The molecule has 0 bridgehead atoms. The Morgan fingerprint density at radius 1 is 0.947 bits per heavy atom. The predicted molar refractivity (Wildman–Crippen MR) is 81.2 cm³/mol. The molecule has 19 heavy (non-hydrogen) atoms. The molecule has 1 saturated heterocycles. The van der Waals surface area contributed by atoms with Gasteiger partial charge in [0.1, 0.15) is 0 Å². The fourth-order valence-electron chi connectivity index (χ4n) is 2.03. The second kappa shape index (κ2) is 9.36. The molecule has 1 fully saturated rings. The van der Waals surface area contributed by atoms with E-state index in [4.69, 9.17) is 4.74 Å². The van der Waals surface area contributed by atoms with Crippen molar-refractivity contribution in [3.8, 4) is 11.8 Å². The molecule has 0 aromatic rings. The molecule has 0 spiro atoms. The summed E-state index contributed by atoms with van der Waals surface area (Å²) in [4.78, 5) is 4.94. The minimum Gasteiger partial charge on any atom is -0.377 e. The van der Waals surface area contributed by atoms with Gasteiger partial charge in [0, 0.05) is 39.1 Å². The molecule has 3 heteroatoms. The summed E-state index contributed by atoms with van der Waals surface area (Å²) in [5, 5.41) is 0. The van der Waals surface area contributed by atoms with Crippen molar-refractivity contribution in [1.82, 2.24) is 9.80 Å². The van der Waals surface area contributed by atoms with Crippen molar-refractivity contribution in [1.29, 1.82) is 0 Å². The SMILES string of the molecule is CC(C)CC#CCN1CCN(CCOC(C)C)CC1. The highest BCUT2D eigenvalue weighted by Gasteiger charge is 2.15. The van der Waals surface area contributed by atoms with Crippen molar-refractivity contribution in [3.63, 3.8) is 0 Å². The average molecular weight is 266 g/mol. The van der Waals surface area contributed by atoms with Crippen molar-refractivity contribution in [2.24, 2.45) is 5.92 Å². The lowest BCUT2D eigenvalue weighted by atomic mass is 10.1. The molecule has 0 amide bonds. The van der Waals surface area contributed by atoms with Crippen molar-refractivity contribution in [3.05, 3.63) is 0 Å². The van der Waals surface area contributed by atoms with Crippen LogP contribution in [0, 0.1) is 17.8 Å². The summed E-state index contributed by atoms with van der Waals surface area (Å²) in [5.74, 6) is 7.24. The van der Waals surface area contributed by atoms with Crippen molar-refractivity contribution in [2.45, 2.75) is 40.2 Å². The Morgan fingerprint density at radius 2 is 1.58 bits per heavy atom. The minimum atomic E-state index is 0.345. The zero-order valence-corrected chi connectivity index (χ0v) is 13.1. The van der Waals surface area contributed by atoms with Crippen LogP contribution in [0.25, 0.3) is 0 Å². The quantitative estimate of drug-likeness (QED) is 0.685. The number of rotatable bonds is 6. The second-order valence-electron chi connectivity index (χ2n) is 5.99. The summed E-state index contributed by atoms with van der Waals surface area (Å²) in [6.07, 6.45) is 1.37. The molecule has 0 unspecified atom stereocenters. The van der Waals surface area contributed by atoms with Gasteiger partial charge >= 0.3 is 0 Å². The maximum Gasteiger partial charge on any atom is 0.0602 e. The summed E-state index contributed by atoms with van der Waals surface area (Å²) >= 11 is 0. The standard InChI is InChI=1S/C16H30N2O/c1-15(2)7-5-6-8-17-9-11-18(12-10-17)13-14-19-16(3)4/h15-16H,7-14H2,1-4H3. The van der Waals surface area contributed by atoms with E-state index in [0.717, 1.165) is 52.3 Å². The summed E-state index contributed by atoms with van der Waals surface area (Å²) in [7, 11) is 0. The third-order valence-corrected chi connectivity index (χ3v) is 3.26.